The molecule has 0 aromatic rings. The van der Waals surface area contributed by atoms with Crippen molar-refractivity contribution >= 4 is 11.9 Å². The van der Waals surface area contributed by atoms with Crippen LogP contribution in [0.1, 0.15) is 20.3 Å². The molecule has 1 heterocycles. The fourth-order valence-electron chi connectivity index (χ4n) is 1.46. The second kappa shape index (κ2) is 5.27. The minimum absolute atomic E-state index is 0.210. The molecule has 6 nitrogen and oxygen atoms in total. The standard InChI is InChI=1S/C10H18N2O4/c1-5(2)3-6(11)9(13)12-4-7-8(16-7)10(14)15/h5-8H,3-4,11H2,1-2H3,(H,12,13)(H,14,15)/t6-,7-,8+/m0/s1. The average Bonchev–Trinajstić information content (AvgIpc) is 2.92. The van der Waals surface area contributed by atoms with Crippen molar-refractivity contribution in [1.29, 1.82) is 0 Å². The molecule has 0 bridgehead atoms. The molecule has 16 heavy (non-hydrogen) atoms. The van der Waals surface area contributed by atoms with E-state index in [1.54, 1.807) is 0 Å². The number of ether oxygens (including phenoxy) is 1. The van der Waals surface area contributed by atoms with Gasteiger partial charge in [-0.05, 0) is 12.3 Å². The van der Waals surface area contributed by atoms with Crippen molar-refractivity contribution in [3.8, 4) is 0 Å². The zero-order chi connectivity index (χ0) is 12.3. The normalized spacial score (nSPS) is 25.2. The highest BCUT2D eigenvalue weighted by Gasteiger charge is 2.45. The molecule has 0 spiro atoms. The van der Waals surface area contributed by atoms with Crippen LogP contribution < -0.4 is 11.1 Å². The first kappa shape index (κ1) is 12.9. The number of rotatable bonds is 6. The SMILES string of the molecule is CC(C)C[C@H](N)C(=O)NC[C@@H]1O[C@H]1C(=O)O. The summed E-state index contributed by atoms with van der Waals surface area (Å²) in [6.45, 7) is 4.18. The molecule has 0 aromatic heterocycles. The second-order valence-corrected chi connectivity index (χ2v) is 4.41. The van der Waals surface area contributed by atoms with Crippen LogP contribution >= 0.6 is 0 Å². The number of carboxylic acids is 1. The van der Waals surface area contributed by atoms with Gasteiger partial charge in [0.15, 0.2) is 6.10 Å². The number of hydrogen-bond acceptors (Lipinski definition) is 4. The highest BCUT2D eigenvalue weighted by molar-refractivity contribution is 5.82. The number of carboxylic acid groups (broad SMARTS) is 1. The van der Waals surface area contributed by atoms with Gasteiger partial charge in [-0.1, -0.05) is 13.8 Å². The van der Waals surface area contributed by atoms with Gasteiger partial charge in [-0.15, -0.1) is 0 Å². The largest absolute Gasteiger partial charge is 0.479 e. The molecule has 0 aromatic carbocycles. The predicted molar refractivity (Wildman–Crippen MR) is 56.7 cm³/mol. The van der Waals surface area contributed by atoms with E-state index in [-0.39, 0.29) is 12.5 Å². The van der Waals surface area contributed by atoms with Gasteiger partial charge < -0.3 is 20.9 Å². The first-order chi connectivity index (χ1) is 7.41. The van der Waals surface area contributed by atoms with E-state index in [2.05, 4.69) is 5.32 Å². The van der Waals surface area contributed by atoms with Gasteiger partial charge in [0.1, 0.15) is 6.10 Å². The monoisotopic (exact) mass is 230 g/mol. The number of nitrogens with one attached hydrogen (secondary N) is 1. The van der Waals surface area contributed by atoms with Gasteiger partial charge in [-0.3, -0.25) is 4.79 Å². The Labute approximate surface area is 94.1 Å². The zero-order valence-electron chi connectivity index (χ0n) is 9.47. The van der Waals surface area contributed by atoms with Gasteiger partial charge in [0.05, 0.1) is 6.04 Å². The topological polar surface area (TPSA) is 105 Å². The molecule has 1 rings (SSSR count). The van der Waals surface area contributed by atoms with Crippen molar-refractivity contribution in [3.63, 3.8) is 0 Å². The predicted octanol–water partition coefficient (Wildman–Crippen LogP) is -0.672. The Hall–Kier alpha value is -1.14. The molecule has 1 aliphatic rings. The van der Waals surface area contributed by atoms with Crippen LogP contribution in [-0.2, 0) is 14.3 Å². The first-order valence-corrected chi connectivity index (χ1v) is 5.33. The lowest BCUT2D eigenvalue weighted by atomic mass is 10.0. The van der Waals surface area contributed by atoms with Gasteiger partial charge in [-0.2, -0.15) is 0 Å². The van der Waals surface area contributed by atoms with Gasteiger partial charge >= 0.3 is 5.97 Å². The van der Waals surface area contributed by atoms with Gasteiger partial charge in [0.2, 0.25) is 5.91 Å². The van der Waals surface area contributed by atoms with E-state index < -0.39 is 24.2 Å². The summed E-state index contributed by atoms with van der Waals surface area (Å²) in [6, 6.07) is -0.540. The van der Waals surface area contributed by atoms with E-state index in [0.29, 0.717) is 12.3 Å². The van der Waals surface area contributed by atoms with E-state index in [1.807, 2.05) is 13.8 Å². The highest BCUT2D eigenvalue weighted by atomic mass is 16.6. The minimum Gasteiger partial charge on any atom is -0.479 e. The summed E-state index contributed by atoms with van der Waals surface area (Å²) in [7, 11) is 0. The maximum absolute atomic E-state index is 11.4. The van der Waals surface area contributed by atoms with Crippen LogP contribution in [0.5, 0.6) is 0 Å². The Morgan fingerprint density at radius 2 is 2.12 bits per heavy atom. The van der Waals surface area contributed by atoms with Crippen molar-refractivity contribution < 1.29 is 19.4 Å². The van der Waals surface area contributed by atoms with E-state index >= 15 is 0 Å². The van der Waals surface area contributed by atoms with E-state index in [0.717, 1.165) is 0 Å². The smallest absolute Gasteiger partial charge is 0.335 e. The number of amides is 1. The zero-order valence-corrected chi connectivity index (χ0v) is 9.47. The van der Waals surface area contributed by atoms with E-state index in [9.17, 15) is 9.59 Å². The van der Waals surface area contributed by atoms with E-state index in [1.165, 1.54) is 0 Å². The van der Waals surface area contributed by atoms with Crippen LogP contribution in [0.3, 0.4) is 0 Å². The molecule has 92 valence electrons. The third kappa shape index (κ3) is 3.79. The Kier molecular flexibility index (Phi) is 4.26. The molecular formula is C10H18N2O4. The van der Waals surface area contributed by atoms with Gasteiger partial charge in [0, 0.05) is 6.54 Å². The van der Waals surface area contributed by atoms with Crippen LogP contribution in [0.4, 0.5) is 0 Å². The molecule has 6 heteroatoms. The summed E-state index contributed by atoms with van der Waals surface area (Å²) >= 11 is 0. The maximum Gasteiger partial charge on any atom is 0.335 e. The molecule has 0 aliphatic carbocycles. The Morgan fingerprint density at radius 1 is 1.50 bits per heavy atom. The fourth-order valence-corrected chi connectivity index (χ4v) is 1.46. The van der Waals surface area contributed by atoms with Crippen molar-refractivity contribution in [2.75, 3.05) is 6.54 Å². The summed E-state index contributed by atoms with van der Waals surface area (Å²) in [5.74, 6) is -0.899. The van der Waals surface area contributed by atoms with Crippen LogP contribution in [-0.4, -0.2) is 41.8 Å². The quantitative estimate of drug-likeness (QED) is 0.525. The molecule has 4 N–H and O–H groups in total. The number of aliphatic carboxylic acids is 1. The highest BCUT2D eigenvalue weighted by Crippen LogP contribution is 2.20. The third-order valence-electron chi connectivity index (χ3n) is 2.37. The average molecular weight is 230 g/mol. The first-order valence-electron chi connectivity index (χ1n) is 5.33. The Balaban J connectivity index is 2.18. The summed E-state index contributed by atoms with van der Waals surface area (Å²) in [6.07, 6.45) is -0.575. The molecule has 1 saturated heterocycles. The summed E-state index contributed by atoms with van der Waals surface area (Å²) in [5, 5.41) is 11.1. The van der Waals surface area contributed by atoms with Crippen molar-refractivity contribution in [3.05, 3.63) is 0 Å². The number of carbonyl (C=O) groups excluding carboxylic acids is 1. The maximum atomic E-state index is 11.4. The van der Waals surface area contributed by atoms with Crippen molar-refractivity contribution in [2.45, 2.75) is 38.5 Å². The van der Waals surface area contributed by atoms with Crippen LogP contribution in [0, 0.1) is 5.92 Å². The van der Waals surface area contributed by atoms with Gasteiger partial charge in [-0.25, -0.2) is 4.79 Å². The molecule has 0 radical (unpaired) electrons. The molecule has 3 atom stereocenters. The fraction of sp³-hybridized carbons (Fsp3) is 0.800. The molecule has 1 fully saturated rings. The third-order valence-corrected chi connectivity index (χ3v) is 2.37. The summed E-state index contributed by atoms with van der Waals surface area (Å²) in [4.78, 5) is 21.9. The molecule has 1 amide bonds. The number of epoxide rings is 1. The Morgan fingerprint density at radius 3 is 2.56 bits per heavy atom. The lowest BCUT2D eigenvalue weighted by Gasteiger charge is -2.13. The molecular weight excluding hydrogens is 212 g/mol. The van der Waals surface area contributed by atoms with Crippen LogP contribution in [0.15, 0.2) is 0 Å². The number of hydrogen-bond donors (Lipinski definition) is 3. The van der Waals surface area contributed by atoms with Crippen molar-refractivity contribution in [2.24, 2.45) is 11.7 Å². The molecule has 0 unspecified atom stereocenters. The second-order valence-electron chi connectivity index (χ2n) is 4.41. The molecule has 0 saturated carbocycles. The van der Waals surface area contributed by atoms with Crippen LogP contribution in [0.2, 0.25) is 0 Å². The number of carbonyl (C=O) groups is 2. The Bertz CT molecular complexity index is 280. The summed E-state index contributed by atoms with van der Waals surface area (Å²) in [5.41, 5.74) is 5.65. The van der Waals surface area contributed by atoms with E-state index in [4.69, 9.17) is 15.6 Å². The lowest BCUT2D eigenvalue weighted by molar-refractivity contribution is -0.138. The van der Waals surface area contributed by atoms with Gasteiger partial charge in [0.25, 0.3) is 0 Å². The minimum atomic E-state index is -0.995. The lowest BCUT2D eigenvalue weighted by Crippen LogP contribution is -2.43. The van der Waals surface area contributed by atoms with Crippen molar-refractivity contribution in [1.82, 2.24) is 5.32 Å². The molecule has 1 aliphatic heterocycles. The van der Waals surface area contributed by atoms with Crippen LogP contribution in [0.25, 0.3) is 0 Å². The summed E-state index contributed by atoms with van der Waals surface area (Å²) < 4.78 is 4.83. The number of nitrogens with two attached hydrogens (primary N) is 1.